The van der Waals surface area contributed by atoms with Crippen molar-refractivity contribution in [2.24, 2.45) is 10.9 Å². The lowest BCUT2D eigenvalue weighted by molar-refractivity contribution is -0.118. The SMILES string of the molecule is CCOc1ccc(N2C(=O)c3ccccc3[C@@H](C=N[C@@H](C)C(C)C)C2=O)cc1. The second-order valence-corrected chi connectivity index (χ2v) is 7.25. The van der Waals surface area contributed by atoms with Gasteiger partial charge >= 0.3 is 0 Å². The summed E-state index contributed by atoms with van der Waals surface area (Å²) < 4.78 is 5.46. The minimum absolute atomic E-state index is 0.0940. The normalized spacial score (nSPS) is 17.9. The molecule has 5 nitrogen and oxygen atoms in total. The van der Waals surface area contributed by atoms with Crippen LogP contribution in [0.15, 0.2) is 53.5 Å². The Labute approximate surface area is 166 Å². The predicted octanol–water partition coefficient (Wildman–Crippen LogP) is 4.47. The fraction of sp³-hybridized carbons (Fsp3) is 0.348. The molecule has 28 heavy (non-hydrogen) atoms. The number of ether oxygens (including phenoxy) is 1. The highest BCUT2D eigenvalue weighted by atomic mass is 16.5. The number of amides is 2. The van der Waals surface area contributed by atoms with Crippen LogP contribution in [0.5, 0.6) is 5.75 Å². The molecular weight excluding hydrogens is 352 g/mol. The van der Waals surface area contributed by atoms with E-state index in [0.717, 1.165) is 0 Å². The van der Waals surface area contributed by atoms with Crippen LogP contribution >= 0.6 is 0 Å². The Bertz CT molecular complexity index is 887. The minimum atomic E-state index is -0.582. The molecule has 2 aromatic rings. The molecule has 0 unspecified atom stereocenters. The number of rotatable bonds is 6. The van der Waals surface area contributed by atoms with Crippen molar-refractivity contribution in [1.29, 1.82) is 0 Å². The molecule has 0 aliphatic carbocycles. The van der Waals surface area contributed by atoms with E-state index in [1.165, 1.54) is 4.90 Å². The molecule has 0 radical (unpaired) electrons. The van der Waals surface area contributed by atoms with E-state index in [-0.39, 0.29) is 17.9 Å². The van der Waals surface area contributed by atoms with Gasteiger partial charge in [-0.25, -0.2) is 4.90 Å². The smallest absolute Gasteiger partial charge is 0.265 e. The highest BCUT2D eigenvalue weighted by molar-refractivity contribution is 6.29. The molecule has 5 heteroatoms. The van der Waals surface area contributed by atoms with Crippen molar-refractivity contribution in [3.63, 3.8) is 0 Å². The van der Waals surface area contributed by atoms with Gasteiger partial charge in [0.1, 0.15) is 5.75 Å². The summed E-state index contributed by atoms with van der Waals surface area (Å²) in [5.74, 6) is -0.109. The lowest BCUT2D eigenvalue weighted by Crippen LogP contribution is -2.45. The summed E-state index contributed by atoms with van der Waals surface area (Å²) in [6.45, 7) is 8.67. The number of carbonyl (C=O) groups is 2. The number of carbonyl (C=O) groups excluding carboxylic acids is 2. The van der Waals surface area contributed by atoms with Crippen molar-refractivity contribution in [3.8, 4) is 5.75 Å². The van der Waals surface area contributed by atoms with Crippen LogP contribution in [0, 0.1) is 5.92 Å². The summed E-state index contributed by atoms with van der Waals surface area (Å²) in [6.07, 6.45) is 1.69. The third-order valence-corrected chi connectivity index (χ3v) is 5.06. The second-order valence-electron chi connectivity index (χ2n) is 7.25. The first-order valence-corrected chi connectivity index (χ1v) is 9.67. The maximum Gasteiger partial charge on any atom is 0.265 e. The van der Waals surface area contributed by atoms with Gasteiger partial charge in [-0.2, -0.15) is 0 Å². The number of nitrogens with zero attached hydrogens (tertiary/aromatic N) is 2. The van der Waals surface area contributed by atoms with Gasteiger partial charge in [0, 0.05) is 17.8 Å². The fourth-order valence-corrected chi connectivity index (χ4v) is 3.10. The van der Waals surface area contributed by atoms with Crippen molar-refractivity contribution in [1.82, 2.24) is 0 Å². The average Bonchev–Trinajstić information content (AvgIpc) is 2.69. The van der Waals surface area contributed by atoms with Crippen LogP contribution in [0.25, 0.3) is 0 Å². The van der Waals surface area contributed by atoms with Crippen molar-refractivity contribution in [2.75, 3.05) is 11.5 Å². The fourth-order valence-electron chi connectivity index (χ4n) is 3.10. The number of aliphatic imine (C=N–C) groups is 1. The molecule has 146 valence electrons. The molecule has 0 spiro atoms. The highest BCUT2D eigenvalue weighted by Gasteiger charge is 2.38. The maximum atomic E-state index is 13.3. The summed E-state index contributed by atoms with van der Waals surface area (Å²) >= 11 is 0. The molecule has 1 aliphatic rings. The third-order valence-electron chi connectivity index (χ3n) is 5.06. The quantitative estimate of drug-likeness (QED) is 0.550. The molecule has 0 bridgehead atoms. The van der Waals surface area contributed by atoms with E-state index in [1.807, 2.05) is 32.0 Å². The molecule has 2 atom stereocenters. The number of fused-ring (bicyclic) bond motifs is 1. The molecular formula is C23H26N2O3. The van der Waals surface area contributed by atoms with Gasteiger partial charge in [0.05, 0.1) is 18.2 Å². The van der Waals surface area contributed by atoms with E-state index in [0.29, 0.717) is 35.1 Å². The van der Waals surface area contributed by atoms with Gasteiger partial charge in [-0.1, -0.05) is 32.0 Å². The molecule has 0 saturated heterocycles. The molecule has 0 fully saturated rings. The van der Waals surface area contributed by atoms with E-state index in [9.17, 15) is 9.59 Å². The summed E-state index contributed by atoms with van der Waals surface area (Å²) in [5, 5.41) is 0. The van der Waals surface area contributed by atoms with Gasteiger partial charge in [-0.05, 0) is 55.7 Å². The molecule has 0 aromatic heterocycles. The van der Waals surface area contributed by atoms with E-state index in [2.05, 4.69) is 18.8 Å². The standard InChI is InChI=1S/C23H26N2O3/c1-5-28-18-12-10-17(11-13-18)25-22(26)20-9-7-6-8-19(20)21(23(25)27)14-24-16(4)15(2)3/h6-16,21H,5H2,1-4H3/t16-,21+/m0/s1. The summed E-state index contributed by atoms with van der Waals surface area (Å²) in [6, 6.07) is 14.4. The molecule has 3 rings (SSSR count). The summed E-state index contributed by atoms with van der Waals surface area (Å²) in [4.78, 5) is 32.2. The Morgan fingerprint density at radius 2 is 1.75 bits per heavy atom. The largest absolute Gasteiger partial charge is 0.494 e. The molecule has 2 amide bonds. The van der Waals surface area contributed by atoms with Crippen LogP contribution in [0.1, 0.15) is 49.5 Å². The van der Waals surface area contributed by atoms with Crippen LogP contribution in [0.2, 0.25) is 0 Å². The van der Waals surface area contributed by atoms with Gasteiger partial charge in [0.2, 0.25) is 5.91 Å². The Kier molecular flexibility index (Phi) is 5.93. The zero-order valence-electron chi connectivity index (χ0n) is 16.8. The van der Waals surface area contributed by atoms with Crippen LogP contribution in [-0.2, 0) is 4.79 Å². The molecule has 1 heterocycles. The third kappa shape index (κ3) is 3.84. The summed E-state index contributed by atoms with van der Waals surface area (Å²) in [7, 11) is 0. The van der Waals surface area contributed by atoms with Crippen LogP contribution in [-0.4, -0.2) is 30.7 Å². The van der Waals surface area contributed by atoms with Crippen molar-refractivity contribution in [3.05, 3.63) is 59.7 Å². The van der Waals surface area contributed by atoms with E-state index >= 15 is 0 Å². The monoisotopic (exact) mass is 378 g/mol. The van der Waals surface area contributed by atoms with E-state index in [4.69, 9.17) is 4.74 Å². The number of hydrogen-bond acceptors (Lipinski definition) is 4. The zero-order valence-corrected chi connectivity index (χ0v) is 16.8. The van der Waals surface area contributed by atoms with Gasteiger partial charge in [-0.3, -0.25) is 14.6 Å². The number of imide groups is 1. The molecule has 0 saturated carbocycles. The Morgan fingerprint density at radius 1 is 1.07 bits per heavy atom. The number of hydrogen-bond donors (Lipinski definition) is 0. The molecule has 2 aromatic carbocycles. The minimum Gasteiger partial charge on any atom is -0.494 e. The van der Waals surface area contributed by atoms with Crippen molar-refractivity contribution in [2.45, 2.75) is 39.7 Å². The molecule has 1 aliphatic heterocycles. The van der Waals surface area contributed by atoms with Gasteiger partial charge in [0.25, 0.3) is 5.91 Å². The Morgan fingerprint density at radius 3 is 2.39 bits per heavy atom. The Hall–Kier alpha value is -2.95. The van der Waals surface area contributed by atoms with E-state index in [1.54, 1.807) is 36.5 Å². The summed E-state index contributed by atoms with van der Waals surface area (Å²) in [5.41, 5.74) is 1.77. The van der Waals surface area contributed by atoms with E-state index < -0.39 is 5.92 Å². The lowest BCUT2D eigenvalue weighted by atomic mass is 9.88. The lowest BCUT2D eigenvalue weighted by Gasteiger charge is -2.31. The van der Waals surface area contributed by atoms with Crippen LogP contribution < -0.4 is 9.64 Å². The van der Waals surface area contributed by atoms with Crippen molar-refractivity contribution >= 4 is 23.7 Å². The highest BCUT2D eigenvalue weighted by Crippen LogP contribution is 2.32. The topological polar surface area (TPSA) is 59.0 Å². The van der Waals surface area contributed by atoms with Gasteiger partial charge in [0.15, 0.2) is 0 Å². The van der Waals surface area contributed by atoms with Crippen molar-refractivity contribution < 1.29 is 14.3 Å². The number of benzene rings is 2. The Balaban J connectivity index is 2.01. The maximum absolute atomic E-state index is 13.3. The zero-order chi connectivity index (χ0) is 20.3. The second kappa shape index (κ2) is 8.38. The average molecular weight is 378 g/mol. The number of anilines is 1. The first kappa shape index (κ1) is 19.8. The van der Waals surface area contributed by atoms with Gasteiger partial charge in [-0.15, -0.1) is 0 Å². The van der Waals surface area contributed by atoms with Crippen LogP contribution in [0.3, 0.4) is 0 Å². The molecule has 0 N–H and O–H groups in total. The van der Waals surface area contributed by atoms with Crippen LogP contribution in [0.4, 0.5) is 5.69 Å². The predicted molar refractivity (Wildman–Crippen MR) is 111 cm³/mol. The first-order valence-electron chi connectivity index (χ1n) is 9.67. The van der Waals surface area contributed by atoms with Gasteiger partial charge < -0.3 is 4.74 Å². The first-order chi connectivity index (χ1) is 13.4.